The van der Waals surface area contributed by atoms with Crippen LogP contribution in [0.15, 0.2) is 42.5 Å². The van der Waals surface area contributed by atoms with Crippen LogP contribution in [0.25, 0.3) is 10.8 Å². The van der Waals surface area contributed by atoms with Crippen LogP contribution in [0, 0.1) is 0 Å². The highest BCUT2D eigenvalue weighted by Crippen LogP contribution is 2.21. The lowest BCUT2D eigenvalue weighted by Gasteiger charge is -1.97. The van der Waals surface area contributed by atoms with E-state index in [1.807, 2.05) is 30.3 Å². The van der Waals surface area contributed by atoms with Gasteiger partial charge in [0.15, 0.2) is 0 Å². The Hall–Kier alpha value is -1.05. The van der Waals surface area contributed by atoms with Crippen LogP contribution < -0.4 is 0 Å². The van der Waals surface area contributed by atoms with Crippen molar-refractivity contribution in [3.05, 3.63) is 47.5 Å². The lowest BCUT2D eigenvalue weighted by molar-refractivity contribution is 0.318. The third-order valence-corrected chi connectivity index (χ3v) is 2.07. The van der Waals surface area contributed by atoms with Gasteiger partial charge in [0.2, 0.25) is 0 Å². The van der Waals surface area contributed by atoms with E-state index < -0.39 is 0 Å². The van der Waals surface area contributed by atoms with Crippen molar-refractivity contribution in [1.82, 2.24) is 0 Å². The van der Waals surface area contributed by atoms with Crippen LogP contribution in [0.4, 0.5) is 0 Å². The third kappa shape index (κ3) is 2.72. The quantitative estimate of drug-likeness (QED) is 0.703. The van der Waals surface area contributed by atoms with Gasteiger partial charge in [0.05, 0.1) is 0 Å². The van der Waals surface area contributed by atoms with E-state index in [1.165, 1.54) is 5.39 Å². The minimum atomic E-state index is 0.250. The zero-order valence-corrected chi connectivity index (χ0v) is 8.83. The highest BCUT2D eigenvalue weighted by atomic mass is 35.5. The summed E-state index contributed by atoms with van der Waals surface area (Å²) in [6.45, 7) is 1.93. The monoisotopic (exact) mass is 208 g/mol. The van der Waals surface area contributed by atoms with Gasteiger partial charge in [-0.05, 0) is 18.4 Å². The van der Waals surface area contributed by atoms with Gasteiger partial charge in [-0.1, -0.05) is 48.0 Å². The Morgan fingerprint density at radius 3 is 2.29 bits per heavy atom. The summed E-state index contributed by atoms with van der Waals surface area (Å²) in [5, 5.41) is 10.7. The second kappa shape index (κ2) is 5.63. The molecule has 0 unspecified atom stereocenters. The smallest absolute Gasteiger partial charge is 0.0484 e. The molecular weight excluding hydrogens is 196 g/mol. The fourth-order valence-electron chi connectivity index (χ4n) is 1.19. The third-order valence-electron chi connectivity index (χ3n) is 1.74. The highest BCUT2D eigenvalue weighted by Gasteiger charge is 1.93. The molecule has 0 saturated carbocycles. The molecule has 1 N–H and O–H groups in total. The fraction of sp³-hybridized carbons (Fsp3) is 0.167. The molecule has 0 aliphatic rings. The zero-order valence-electron chi connectivity index (χ0n) is 8.07. The van der Waals surface area contributed by atoms with Gasteiger partial charge in [-0.2, -0.15) is 0 Å². The van der Waals surface area contributed by atoms with Gasteiger partial charge >= 0.3 is 0 Å². The van der Waals surface area contributed by atoms with E-state index in [0.29, 0.717) is 0 Å². The molecule has 0 amide bonds. The van der Waals surface area contributed by atoms with Crippen molar-refractivity contribution in [2.24, 2.45) is 0 Å². The van der Waals surface area contributed by atoms with Crippen molar-refractivity contribution < 1.29 is 5.11 Å². The molecule has 0 spiro atoms. The standard InChI is InChI=1S/C10H7Cl.C2H6O/c11-10-7-3-5-8-4-1-2-6-9(8)10;1-2-3/h1-7H;3H,2H2,1H3. The number of benzene rings is 2. The Labute approximate surface area is 88.9 Å². The normalized spacial score (nSPS) is 9.36. The second-order valence-electron chi connectivity index (χ2n) is 2.78. The minimum absolute atomic E-state index is 0.250. The number of fused-ring (bicyclic) bond motifs is 1. The van der Waals surface area contributed by atoms with E-state index in [2.05, 4.69) is 12.1 Å². The van der Waals surface area contributed by atoms with Crippen molar-refractivity contribution in [3.63, 3.8) is 0 Å². The van der Waals surface area contributed by atoms with Crippen molar-refractivity contribution in [2.75, 3.05) is 6.61 Å². The van der Waals surface area contributed by atoms with Crippen LogP contribution in [-0.2, 0) is 0 Å². The largest absolute Gasteiger partial charge is 0.397 e. The molecule has 0 heterocycles. The summed E-state index contributed by atoms with van der Waals surface area (Å²) in [5.41, 5.74) is 0. The molecule has 74 valence electrons. The van der Waals surface area contributed by atoms with Crippen molar-refractivity contribution >= 4 is 22.4 Å². The maximum atomic E-state index is 7.57. The first-order valence-electron chi connectivity index (χ1n) is 4.53. The molecule has 0 aliphatic heterocycles. The minimum Gasteiger partial charge on any atom is -0.397 e. The average Bonchev–Trinajstić information content (AvgIpc) is 2.20. The SMILES string of the molecule is CCO.Clc1cccc2ccccc12. The molecule has 0 aromatic heterocycles. The molecule has 2 rings (SSSR count). The summed E-state index contributed by atoms with van der Waals surface area (Å²) in [6, 6.07) is 14.0. The molecule has 1 nitrogen and oxygen atoms in total. The Morgan fingerprint density at radius 2 is 1.64 bits per heavy atom. The van der Waals surface area contributed by atoms with Gasteiger partial charge in [-0.25, -0.2) is 0 Å². The molecule has 0 bridgehead atoms. The van der Waals surface area contributed by atoms with Crippen LogP contribution in [0.5, 0.6) is 0 Å². The Bertz CT molecular complexity index is 393. The Morgan fingerprint density at radius 1 is 1.07 bits per heavy atom. The first-order valence-corrected chi connectivity index (χ1v) is 4.91. The predicted molar refractivity (Wildman–Crippen MR) is 61.7 cm³/mol. The highest BCUT2D eigenvalue weighted by molar-refractivity contribution is 6.35. The molecule has 0 saturated heterocycles. The molecule has 0 atom stereocenters. The number of aliphatic hydroxyl groups excluding tert-OH is 1. The van der Waals surface area contributed by atoms with Gasteiger partial charge in [0, 0.05) is 17.0 Å². The van der Waals surface area contributed by atoms with E-state index in [1.54, 1.807) is 6.92 Å². The number of hydrogen-bond acceptors (Lipinski definition) is 1. The van der Waals surface area contributed by atoms with Crippen LogP contribution >= 0.6 is 11.6 Å². The maximum absolute atomic E-state index is 7.57. The first kappa shape index (κ1) is 11.0. The van der Waals surface area contributed by atoms with E-state index in [4.69, 9.17) is 16.7 Å². The number of halogens is 1. The van der Waals surface area contributed by atoms with Gasteiger partial charge < -0.3 is 5.11 Å². The van der Waals surface area contributed by atoms with Crippen molar-refractivity contribution in [2.45, 2.75) is 6.92 Å². The Balaban J connectivity index is 0.000000293. The van der Waals surface area contributed by atoms with Crippen molar-refractivity contribution in [1.29, 1.82) is 0 Å². The van der Waals surface area contributed by atoms with E-state index in [0.717, 1.165) is 10.4 Å². The number of rotatable bonds is 0. The van der Waals surface area contributed by atoms with Crippen LogP contribution in [-0.4, -0.2) is 11.7 Å². The molecule has 0 fully saturated rings. The molecule has 14 heavy (non-hydrogen) atoms. The first-order chi connectivity index (χ1) is 6.79. The summed E-state index contributed by atoms with van der Waals surface area (Å²) in [5.74, 6) is 0. The summed E-state index contributed by atoms with van der Waals surface area (Å²) >= 11 is 5.96. The van der Waals surface area contributed by atoms with Gasteiger partial charge in [0.1, 0.15) is 0 Å². The molecule has 2 heteroatoms. The lowest BCUT2D eigenvalue weighted by atomic mass is 10.1. The number of aliphatic hydroxyl groups is 1. The predicted octanol–water partition coefficient (Wildman–Crippen LogP) is 3.49. The topological polar surface area (TPSA) is 20.2 Å². The zero-order chi connectivity index (χ0) is 10.4. The Kier molecular flexibility index (Phi) is 4.44. The fourth-order valence-corrected chi connectivity index (χ4v) is 1.43. The average molecular weight is 209 g/mol. The summed E-state index contributed by atoms with van der Waals surface area (Å²) < 4.78 is 0. The second-order valence-corrected chi connectivity index (χ2v) is 3.18. The van der Waals surface area contributed by atoms with Gasteiger partial charge in [-0.15, -0.1) is 0 Å². The van der Waals surface area contributed by atoms with Crippen molar-refractivity contribution in [3.8, 4) is 0 Å². The van der Waals surface area contributed by atoms with Crippen LogP contribution in [0.2, 0.25) is 5.02 Å². The maximum Gasteiger partial charge on any atom is 0.0484 e. The van der Waals surface area contributed by atoms with Crippen LogP contribution in [0.3, 0.4) is 0 Å². The number of hydrogen-bond donors (Lipinski definition) is 1. The summed E-state index contributed by atoms with van der Waals surface area (Å²) in [6.07, 6.45) is 0. The molecule has 0 radical (unpaired) electrons. The van der Waals surface area contributed by atoms with E-state index in [9.17, 15) is 0 Å². The van der Waals surface area contributed by atoms with E-state index >= 15 is 0 Å². The molecule has 0 aliphatic carbocycles. The summed E-state index contributed by atoms with van der Waals surface area (Å²) in [7, 11) is 0. The molecule has 2 aromatic carbocycles. The van der Waals surface area contributed by atoms with Gasteiger partial charge in [0.25, 0.3) is 0 Å². The lowest BCUT2D eigenvalue weighted by Crippen LogP contribution is -1.70. The van der Waals surface area contributed by atoms with Gasteiger partial charge in [-0.3, -0.25) is 0 Å². The molecular formula is C12H13ClO. The summed E-state index contributed by atoms with van der Waals surface area (Å²) in [4.78, 5) is 0. The van der Waals surface area contributed by atoms with E-state index in [-0.39, 0.29) is 6.61 Å². The van der Waals surface area contributed by atoms with Crippen LogP contribution in [0.1, 0.15) is 6.92 Å². The molecule has 2 aromatic rings.